The quantitative estimate of drug-likeness (QED) is 0.812. The van der Waals surface area contributed by atoms with E-state index < -0.39 is 24.3 Å². The number of rotatable bonds is 5. The fraction of sp³-hybridized carbons (Fsp3) is 0.421. The van der Waals surface area contributed by atoms with Crippen LogP contribution in [0.25, 0.3) is 0 Å². The number of esters is 1. The normalized spacial score (nSPS) is 19.6. The molecule has 1 aromatic rings. The zero-order chi connectivity index (χ0) is 19.3. The minimum atomic E-state index is -0.715. The zero-order valence-electron chi connectivity index (χ0n) is 15.4. The molecule has 26 heavy (non-hydrogen) atoms. The number of amides is 1. The van der Waals surface area contributed by atoms with E-state index in [1.165, 1.54) is 18.9 Å². The van der Waals surface area contributed by atoms with Crippen LogP contribution in [0.1, 0.15) is 38.8 Å². The van der Waals surface area contributed by atoms with Gasteiger partial charge < -0.3 is 14.8 Å². The van der Waals surface area contributed by atoms with Gasteiger partial charge in [0.15, 0.2) is 0 Å². The van der Waals surface area contributed by atoms with E-state index in [0.29, 0.717) is 11.3 Å². The molecule has 0 saturated heterocycles. The van der Waals surface area contributed by atoms with Crippen LogP contribution in [0.15, 0.2) is 41.6 Å². The number of carbonyl (C=O) groups excluding carboxylic acids is 3. The lowest BCUT2D eigenvalue weighted by atomic mass is 9.92. The van der Waals surface area contributed by atoms with E-state index in [1.807, 2.05) is 30.3 Å². The Kier molecular flexibility index (Phi) is 6.38. The molecule has 0 aromatic heterocycles. The third kappa shape index (κ3) is 4.04. The molecule has 0 fully saturated rings. The van der Waals surface area contributed by atoms with Gasteiger partial charge in [-0.15, -0.1) is 0 Å². The number of ketones is 1. The predicted molar refractivity (Wildman–Crippen MR) is 95.0 cm³/mol. The molecule has 1 aromatic carbocycles. The first-order valence-electron chi connectivity index (χ1n) is 8.45. The average Bonchev–Trinajstić information content (AvgIpc) is 2.61. The number of nitrogens with zero attached hydrogens (tertiary/aromatic N) is 1. The summed E-state index contributed by atoms with van der Waals surface area (Å²) in [5.41, 5.74) is 1.61. The van der Waals surface area contributed by atoms with Gasteiger partial charge in [0.2, 0.25) is 0 Å². The molecule has 0 aliphatic carbocycles. The number of hydrogen-bond acceptors (Lipinski definition) is 6. The highest BCUT2D eigenvalue weighted by molar-refractivity contribution is 5.92. The van der Waals surface area contributed by atoms with Crippen LogP contribution in [0.5, 0.6) is 0 Å². The van der Waals surface area contributed by atoms with Crippen molar-refractivity contribution >= 4 is 17.8 Å². The van der Waals surface area contributed by atoms with Gasteiger partial charge in [0.05, 0.1) is 25.3 Å². The van der Waals surface area contributed by atoms with Crippen LogP contribution in [0, 0.1) is 0 Å². The predicted octanol–water partition coefficient (Wildman–Crippen LogP) is 2.54. The second-order valence-corrected chi connectivity index (χ2v) is 6.02. The van der Waals surface area contributed by atoms with Crippen LogP contribution < -0.4 is 5.32 Å². The van der Waals surface area contributed by atoms with Crippen molar-refractivity contribution in [2.24, 2.45) is 0 Å². The van der Waals surface area contributed by atoms with E-state index in [2.05, 4.69) is 5.32 Å². The van der Waals surface area contributed by atoms with E-state index in [0.717, 1.165) is 5.56 Å². The van der Waals surface area contributed by atoms with Crippen LogP contribution in [-0.4, -0.2) is 42.6 Å². The van der Waals surface area contributed by atoms with E-state index in [9.17, 15) is 14.4 Å². The Morgan fingerprint density at radius 2 is 1.85 bits per heavy atom. The van der Waals surface area contributed by atoms with Crippen molar-refractivity contribution in [1.29, 1.82) is 0 Å². The van der Waals surface area contributed by atoms with Crippen molar-refractivity contribution in [2.45, 2.75) is 39.4 Å². The third-order valence-electron chi connectivity index (χ3n) is 4.15. The number of allylic oxidation sites excluding steroid dienone is 1. The second-order valence-electron chi connectivity index (χ2n) is 6.02. The van der Waals surface area contributed by atoms with Gasteiger partial charge in [0.25, 0.3) is 0 Å². The molecule has 1 heterocycles. The second kappa shape index (κ2) is 8.51. The van der Waals surface area contributed by atoms with Crippen molar-refractivity contribution in [3.63, 3.8) is 0 Å². The van der Waals surface area contributed by atoms with Gasteiger partial charge in [0.1, 0.15) is 11.9 Å². The van der Waals surface area contributed by atoms with Crippen LogP contribution in [-0.2, 0) is 19.1 Å². The van der Waals surface area contributed by atoms with Gasteiger partial charge in [-0.1, -0.05) is 30.3 Å². The first-order valence-corrected chi connectivity index (χ1v) is 8.45. The molecule has 2 atom stereocenters. The fourth-order valence-electron chi connectivity index (χ4n) is 3.11. The Balaban J connectivity index is 2.63. The molecule has 2 rings (SSSR count). The van der Waals surface area contributed by atoms with Crippen molar-refractivity contribution < 1.29 is 23.9 Å². The molecular formula is C19H24N2O5. The molecule has 1 aliphatic heterocycles. The Labute approximate surface area is 153 Å². The Morgan fingerprint density at radius 3 is 2.38 bits per heavy atom. The standard InChI is InChI=1S/C19H24N2O5/c1-5-26-19(24)21-15(11-12(2)22)20-13(3)16(18(23)25-4)17(21)14-9-7-6-8-10-14/h6-10,15,17,20H,5,11H2,1-4H3. The highest BCUT2D eigenvalue weighted by Gasteiger charge is 2.42. The minimum absolute atomic E-state index is 0.0853. The maximum absolute atomic E-state index is 12.7. The van der Waals surface area contributed by atoms with Gasteiger partial charge in [-0.2, -0.15) is 0 Å². The van der Waals surface area contributed by atoms with Crippen LogP contribution in [0.2, 0.25) is 0 Å². The van der Waals surface area contributed by atoms with Crippen molar-refractivity contribution in [3.8, 4) is 0 Å². The minimum Gasteiger partial charge on any atom is -0.466 e. The largest absolute Gasteiger partial charge is 0.466 e. The number of carbonyl (C=O) groups is 3. The summed E-state index contributed by atoms with van der Waals surface area (Å²) in [5, 5.41) is 3.09. The topological polar surface area (TPSA) is 84.9 Å². The van der Waals surface area contributed by atoms with Crippen molar-refractivity contribution in [1.82, 2.24) is 10.2 Å². The molecule has 2 unspecified atom stereocenters. The molecule has 0 bridgehead atoms. The monoisotopic (exact) mass is 360 g/mol. The summed E-state index contributed by atoms with van der Waals surface area (Å²) in [7, 11) is 1.29. The summed E-state index contributed by atoms with van der Waals surface area (Å²) in [6.45, 7) is 5.07. The molecule has 140 valence electrons. The summed E-state index contributed by atoms with van der Waals surface area (Å²) in [6, 6.07) is 8.43. The number of nitrogens with one attached hydrogen (secondary N) is 1. The molecule has 7 heteroatoms. The summed E-state index contributed by atoms with van der Waals surface area (Å²) < 4.78 is 10.1. The van der Waals surface area contributed by atoms with Gasteiger partial charge >= 0.3 is 12.1 Å². The van der Waals surface area contributed by atoms with E-state index in [-0.39, 0.29) is 18.8 Å². The first kappa shape index (κ1) is 19.5. The molecular weight excluding hydrogens is 336 g/mol. The number of benzene rings is 1. The maximum atomic E-state index is 12.7. The van der Waals surface area contributed by atoms with Crippen LogP contribution >= 0.6 is 0 Å². The number of hydrogen-bond donors (Lipinski definition) is 1. The summed E-state index contributed by atoms with van der Waals surface area (Å²) in [5.74, 6) is -0.627. The lowest BCUT2D eigenvalue weighted by Gasteiger charge is -2.43. The number of methoxy groups -OCH3 is 1. The van der Waals surface area contributed by atoms with Gasteiger partial charge in [0, 0.05) is 12.1 Å². The molecule has 1 N–H and O–H groups in total. The molecule has 7 nitrogen and oxygen atoms in total. The summed E-state index contributed by atoms with van der Waals surface area (Å²) in [4.78, 5) is 38.3. The summed E-state index contributed by atoms with van der Waals surface area (Å²) in [6.07, 6.45) is -1.13. The first-order chi connectivity index (χ1) is 12.4. The van der Waals surface area contributed by atoms with E-state index in [1.54, 1.807) is 13.8 Å². The van der Waals surface area contributed by atoms with Gasteiger partial charge in [-0.3, -0.25) is 9.69 Å². The third-order valence-corrected chi connectivity index (χ3v) is 4.15. The summed E-state index contributed by atoms with van der Waals surface area (Å²) >= 11 is 0. The van der Waals surface area contributed by atoms with Gasteiger partial charge in [-0.25, -0.2) is 9.59 Å². The lowest BCUT2D eigenvalue weighted by Crippen LogP contribution is -2.55. The van der Waals surface area contributed by atoms with E-state index in [4.69, 9.17) is 9.47 Å². The Bertz CT molecular complexity index is 714. The SMILES string of the molecule is CCOC(=O)N1C(CC(C)=O)NC(C)=C(C(=O)OC)C1c1ccccc1. The molecule has 1 amide bonds. The van der Waals surface area contributed by atoms with Crippen LogP contribution in [0.4, 0.5) is 4.79 Å². The number of Topliss-reactive ketones (excluding diaryl/α,β-unsaturated/α-hetero) is 1. The lowest BCUT2D eigenvalue weighted by molar-refractivity contribution is -0.137. The van der Waals surface area contributed by atoms with Crippen molar-refractivity contribution in [2.75, 3.05) is 13.7 Å². The maximum Gasteiger partial charge on any atom is 0.412 e. The fourth-order valence-corrected chi connectivity index (χ4v) is 3.11. The number of ether oxygens (including phenoxy) is 2. The smallest absolute Gasteiger partial charge is 0.412 e. The molecule has 1 aliphatic rings. The average molecular weight is 360 g/mol. The highest BCUT2D eigenvalue weighted by Crippen LogP contribution is 2.36. The zero-order valence-corrected chi connectivity index (χ0v) is 15.4. The molecule has 0 spiro atoms. The Morgan fingerprint density at radius 1 is 1.19 bits per heavy atom. The van der Waals surface area contributed by atoms with Gasteiger partial charge in [-0.05, 0) is 26.3 Å². The van der Waals surface area contributed by atoms with E-state index >= 15 is 0 Å². The molecule has 0 radical (unpaired) electrons. The molecule has 0 saturated carbocycles. The van der Waals surface area contributed by atoms with Crippen molar-refractivity contribution in [3.05, 3.63) is 47.2 Å². The van der Waals surface area contributed by atoms with Crippen LogP contribution in [0.3, 0.4) is 0 Å². The highest BCUT2D eigenvalue weighted by atomic mass is 16.6. The Hall–Kier alpha value is -2.83.